The highest BCUT2D eigenvalue weighted by Gasteiger charge is 2.33. The Bertz CT molecular complexity index is 1040. The molecule has 2 unspecified atom stereocenters. The van der Waals surface area contributed by atoms with Crippen molar-refractivity contribution in [3.05, 3.63) is 47.6 Å². The molecule has 0 saturated carbocycles. The molecule has 1 aromatic carbocycles. The van der Waals surface area contributed by atoms with E-state index in [1.165, 1.54) is 0 Å². The minimum Gasteiger partial charge on any atom is -0.490 e. The summed E-state index contributed by atoms with van der Waals surface area (Å²) < 4.78 is 17.7. The maximum atomic E-state index is 6.56. The molecule has 0 spiro atoms. The Kier molecular flexibility index (Phi) is 8.53. The number of benzene rings is 1. The topological polar surface area (TPSA) is 56.7 Å². The predicted octanol–water partition coefficient (Wildman–Crippen LogP) is 6.31. The van der Waals surface area contributed by atoms with Crippen molar-refractivity contribution < 1.29 is 14.2 Å². The van der Waals surface area contributed by atoms with Gasteiger partial charge in [0.2, 0.25) is 5.13 Å². The molecule has 8 heteroatoms. The lowest BCUT2D eigenvalue weighted by molar-refractivity contribution is -0.141. The number of rotatable bonds is 10. The molecule has 4 rings (SSSR count). The number of anilines is 1. The monoisotopic (exact) mass is 517 g/mol. The summed E-state index contributed by atoms with van der Waals surface area (Å²) in [5, 5.41) is 11.0. The molecule has 1 aromatic heterocycles. The van der Waals surface area contributed by atoms with Crippen molar-refractivity contribution >= 4 is 28.1 Å². The first-order valence-corrected chi connectivity index (χ1v) is 13.6. The molecule has 0 bridgehead atoms. The summed E-state index contributed by atoms with van der Waals surface area (Å²) >= 11 is 8.19. The van der Waals surface area contributed by atoms with Gasteiger partial charge in [-0.25, -0.2) is 0 Å². The van der Waals surface area contributed by atoms with Gasteiger partial charge in [0.1, 0.15) is 23.5 Å². The van der Waals surface area contributed by atoms with Crippen LogP contribution in [0.3, 0.4) is 0 Å². The summed E-state index contributed by atoms with van der Waals surface area (Å²) in [6.07, 6.45) is 10.5. The fraction of sp³-hybridized carbons (Fsp3) is 0.556. The van der Waals surface area contributed by atoms with E-state index in [4.69, 9.17) is 25.8 Å². The number of aryl methyl sites for hydroxylation is 2. The second kappa shape index (κ2) is 11.4. The van der Waals surface area contributed by atoms with E-state index in [2.05, 4.69) is 66.2 Å². The highest BCUT2D eigenvalue weighted by atomic mass is 35.5. The Labute approximate surface area is 217 Å². The number of hydrogen-bond donors (Lipinski definition) is 0. The van der Waals surface area contributed by atoms with Crippen LogP contribution >= 0.6 is 22.9 Å². The lowest BCUT2D eigenvalue weighted by Gasteiger charge is -2.27. The van der Waals surface area contributed by atoms with Crippen molar-refractivity contribution in [2.75, 3.05) is 31.2 Å². The Morgan fingerprint density at radius 2 is 1.91 bits per heavy atom. The van der Waals surface area contributed by atoms with Crippen molar-refractivity contribution in [3.63, 3.8) is 0 Å². The van der Waals surface area contributed by atoms with E-state index in [1.54, 1.807) is 11.3 Å². The first kappa shape index (κ1) is 26.1. The largest absolute Gasteiger partial charge is 0.490 e. The summed E-state index contributed by atoms with van der Waals surface area (Å²) in [5.41, 5.74) is 3.20. The number of ether oxygens (including phenoxy) is 3. The summed E-state index contributed by atoms with van der Waals surface area (Å²) in [4.78, 5) is 2.33. The first-order chi connectivity index (χ1) is 16.8. The van der Waals surface area contributed by atoms with Crippen LogP contribution in [-0.4, -0.2) is 53.8 Å². The summed E-state index contributed by atoms with van der Waals surface area (Å²) in [7, 11) is 0. The zero-order chi connectivity index (χ0) is 25.0. The van der Waals surface area contributed by atoms with Crippen LogP contribution in [0.15, 0.2) is 36.4 Å². The highest BCUT2D eigenvalue weighted by Crippen LogP contribution is 2.35. The molecule has 1 fully saturated rings. The third-order valence-electron chi connectivity index (χ3n) is 6.26. The third-order valence-corrected chi connectivity index (χ3v) is 7.76. The van der Waals surface area contributed by atoms with Gasteiger partial charge in [0.05, 0.1) is 12.0 Å². The molecule has 35 heavy (non-hydrogen) atoms. The van der Waals surface area contributed by atoms with E-state index in [1.807, 2.05) is 19.9 Å². The highest BCUT2D eigenvalue weighted by molar-refractivity contribution is 7.18. The van der Waals surface area contributed by atoms with Gasteiger partial charge in [0.25, 0.3) is 0 Å². The van der Waals surface area contributed by atoms with Gasteiger partial charge in [-0.1, -0.05) is 49.0 Å². The van der Waals surface area contributed by atoms with Gasteiger partial charge in [0, 0.05) is 24.6 Å². The van der Waals surface area contributed by atoms with Crippen LogP contribution in [0.25, 0.3) is 10.6 Å². The van der Waals surface area contributed by atoms with E-state index in [0.29, 0.717) is 13.2 Å². The molecule has 6 nitrogen and oxygen atoms in total. The van der Waals surface area contributed by atoms with Crippen LogP contribution in [0.1, 0.15) is 44.7 Å². The van der Waals surface area contributed by atoms with E-state index in [-0.39, 0.29) is 17.4 Å². The molecule has 1 aliphatic heterocycles. The molecule has 1 aliphatic carbocycles. The molecule has 1 saturated heterocycles. The van der Waals surface area contributed by atoms with Gasteiger partial charge in [-0.15, -0.1) is 21.8 Å². The Hall–Kier alpha value is -1.93. The molecule has 190 valence electrons. The van der Waals surface area contributed by atoms with Crippen LogP contribution in [0.4, 0.5) is 5.13 Å². The van der Waals surface area contributed by atoms with E-state index in [0.717, 1.165) is 58.5 Å². The van der Waals surface area contributed by atoms with Gasteiger partial charge in [-0.05, 0) is 57.4 Å². The van der Waals surface area contributed by atoms with Gasteiger partial charge >= 0.3 is 0 Å². The minimum absolute atomic E-state index is 0.00151. The van der Waals surface area contributed by atoms with Gasteiger partial charge < -0.3 is 19.1 Å². The van der Waals surface area contributed by atoms with Crippen LogP contribution in [0, 0.1) is 19.8 Å². The number of nitrogens with zero attached hydrogens (tertiary/aromatic N) is 3. The lowest BCUT2D eigenvalue weighted by atomic mass is 10.00. The maximum absolute atomic E-state index is 6.56. The average Bonchev–Trinajstić information content (AvgIpc) is 3.43. The van der Waals surface area contributed by atoms with Crippen LogP contribution < -0.4 is 9.64 Å². The van der Waals surface area contributed by atoms with Gasteiger partial charge in [-0.2, -0.15) is 0 Å². The average molecular weight is 518 g/mol. The second-order valence-corrected chi connectivity index (χ2v) is 11.2. The fourth-order valence-electron chi connectivity index (χ4n) is 4.44. The molecule has 0 N–H and O–H groups in total. The van der Waals surface area contributed by atoms with Gasteiger partial charge in [-0.3, -0.25) is 0 Å². The smallest absolute Gasteiger partial charge is 0.208 e. The molecule has 2 aliphatic rings. The van der Waals surface area contributed by atoms with Crippen molar-refractivity contribution in [2.45, 2.75) is 64.7 Å². The molecular formula is C27H36ClN3O3S. The normalized spacial score (nSPS) is 23.1. The fourth-order valence-corrected chi connectivity index (χ4v) is 5.55. The number of hydrogen-bond acceptors (Lipinski definition) is 7. The lowest BCUT2D eigenvalue weighted by Crippen LogP contribution is -2.33. The number of alkyl halides is 1. The first-order valence-electron chi connectivity index (χ1n) is 12.4. The Morgan fingerprint density at radius 1 is 1.17 bits per heavy atom. The summed E-state index contributed by atoms with van der Waals surface area (Å²) in [6, 6.07) is 4.25. The Balaban J connectivity index is 1.47. The molecule has 2 heterocycles. The quantitative estimate of drug-likeness (QED) is 0.344. The number of unbranched alkanes of at least 4 members (excludes halogenated alkanes) is 1. The number of aromatic nitrogens is 2. The van der Waals surface area contributed by atoms with E-state index >= 15 is 0 Å². The zero-order valence-corrected chi connectivity index (χ0v) is 22.9. The summed E-state index contributed by atoms with van der Waals surface area (Å²) in [5.74, 6) is 0.602. The predicted molar refractivity (Wildman–Crippen MR) is 144 cm³/mol. The Morgan fingerprint density at radius 3 is 2.57 bits per heavy atom. The standard InChI is InChI=1S/C27H36ClN3O3S/c1-6-7-12-31(15-20-10-8-9-11-23(20)28)26-30-29-25(35-26)21-13-18(2)24(19(3)14-21)32-16-22-17-33-27(4,5)34-22/h8-11,13-14,20,22-23H,6-7,12,15-17H2,1-5H3/t20?,22-,23?/m0/s1. The van der Waals surface area contributed by atoms with Crippen molar-refractivity contribution in [1.29, 1.82) is 0 Å². The maximum Gasteiger partial charge on any atom is 0.208 e. The van der Waals surface area contributed by atoms with Crippen LogP contribution in [-0.2, 0) is 9.47 Å². The third kappa shape index (κ3) is 6.64. The van der Waals surface area contributed by atoms with Crippen LogP contribution in [0.5, 0.6) is 5.75 Å². The van der Waals surface area contributed by atoms with Crippen molar-refractivity contribution in [3.8, 4) is 16.3 Å². The molecular weight excluding hydrogens is 482 g/mol. The second-order valence-electron chi connectivity index (χ2n) is 9.77. The number of halogens is 1. The molecule has 2 aromatic rings. The van der Waals surface area contributed by atoms with Gasteiger partial charge in [0.15, 0.2) is 5.79 Å². The zero-order valence-electron chi connectivity index (χ0n) is 21.3. The van der Waals surface area contributed by atoms with Crippen LogP contribution in [0.2, 0.25) is 0 Å². The summed E-state index contributed by atoms with van der Waals surface area (Å²) in [6.45, 7) is 13.0. The van der Waals surface area contributed by atoms with Crippen molar-refractivity contribution in [1.82, 2.24) is 10.2 Å². The molecule has 3 atom stereocenters. The van der Waals surface area contributed by atoms with E-state index < -0.39 is 5.79 Å². The molecule has 0 amide bonds. The minimum atomic E-state index is -0.544. The molecule has 0 radical (unpaired) electrons. The SMILES string of the molecule is CCCCN(CC1C=CC=CC1Cl)c1nnc(-c2cc(C)c(OC[C@H]3COC(C)(C)O3)c(C)c2)s1. The van der Waals surface area contributed by atoms with E-state index in [9.17, 15) is 0 Å². The van der Waals surface area contributed by atoms with Crippen molar-refractivity contribution in [2.24, 2.45) is 5.92 Å². The number of allylic oxidation sites excluding steroid dienone is 3.